The van der Waals surface area contributed by atoms with Gasteiger partial charge in [0.1, 0.15) is 6.04 Å². The molecule has 2 rings (SSSR count). The summed E-state index contributed by atoms with van der Waals surface area (Å²) in [5.41, 5.74) is 3.20. The molecule has 0 aliphatic heterocycles. The van der Waals surface area contributed by atoms with Gasteiger partial charge in [0, 0.05) is 11.8 Å². The lowest BCUT2D eigenvalue weighted by Crippen LogP contribution is -2.27. The molecule has 1 aromatic heterocycles. The number of aromatic nitrogens is 1. The number of benzene rings is 1. The molecule has 0 unspecified atom stereocenters. The van der Waals surface area contributed by atoms with Crippen LogP contribution in [-0.4, -0.2) is 10.9 Å². The van der Waals surface area contributed by atoms with Gasteiger partial charge in [0.05, 0.1) is 27.3 Å². The normalized spacial score (nSPS) is 11.7. The SMILES string of the molecule is N#C[C@@H](NC(=O)CCc1cscn1)c1ccc(Cl)c(Cl)c1. The Bertz CT molecular complexity index is 667. The summed E-state index contributed by atoms with van der Waals surface area (Å²) in [4.78, 5) is 16.0. The first-order valence-electron chi connectivity index (χ1n) is 6.11. The minimum atomic E-state index is -0.747. The summed E-state index contributed by atoms with van der Waals surface area (Å²) in [6, 6.07) is 6.15. The van der Waals surface area contributed by atoms with E-state index in [1.54, 1.807) is 23.7 Å². The highest BCUT2D eigenvalue weighted by Gasteiger charge is 2.15. The van der Waals surface area contributed by atoms with E-state index in [0.29, 0.717) is 22.0 Å². The molecule has 0 fully saturated rings. The fourth-order valence-corrected chi connectivity index (χ4v) is 2.62. The van der Waals surface area contributed by atoms with Crippen LogP contribution in [0, 0.1) is 11.3 Å². The van der Waals surface area contributed by atoms with Crippen molar-refractivity contribution in [1.82, 2.24) is 10.3 Å². The number of carbonyl (C=O) groups is 1. The van der Waals surface area contributed by atoms with Crippen LogP contribution < -0.4 is 5.32 Å². The molecule has 21 heavy (non-hydrogen) atoms. The molecule has 0 radical (unpaired) electrons. The van der Waals surface area contributed by atoms with Crippen molar-refractivity contribution in [2.24, 2.45) is 0 Å². The van der Waals surface area contributed by atoms with E-state index in [2.05, 4.69) is 10.3 Å². The van der Waals surface area contributed by atoms with E-state index in [9.17, 15) is 10.1 Å². The predicted molar refractivity (Wildman–Crippen MR) is 83.4 cm³/mol. The minimum absolute atomic E-state index is 0.208. The van der Waals surface area contributed by atoms with Crippen LogP contribution >= 0.6 is 34.5 Å². The van der Waals surface area contributed by atoms with Crippen LogP contribution in [0.1, 0.15) is 23.7 Å². The van der Waals surface area contributed by atoms with Gasteiger partial charge in [-0.3, -0.25) is 4.79 Å². The van der Waals surface area contributed by atoms with Gasteiger partial charge in [-0.25, -0.2) is 4.98 Å². The molecule has 0 saturated carbocycles. The molecule has 0 saturated heterocycles. The zero-order chi connectivity index (χ0) is 15.2. The third kappa shape index (κ3) is 4.43. The summed E-state index contributed by atoms with van der Waals surface area (Å²) >= 11 is 13.2. The Hall–Kier alpha value is -1.61. The van der Waals surface area contributed by atoms with Crippen LogP contribution in [0.2, 0.25) is 10.0 Å². The second-order valence-corrected chi connectivity index (χ2v) is 5.82. The minimum Gasteiger partial charge on any atom is -0.337 e. The molecule has 1 amide bonds. The van der Waals surface area contributed by atoms with Gasteiger partial charge in [-0.1, -0.05) is 29.3 Å². The van der Waals surface area contributed by atoms with Crippen LogP contribution in [-0.2, 0) is 11.2 Å². The molecule has 0 spiro atoms. The molecule has 7 heteroatoms. The molecule has 1 heterocycles. The first-order chi connectivity index (χ1) is 10.1. The summed E-state index contributed by atoms with van der Waals surface area (Å²) in [5.74, 6) is -0.208. The van der Waals surface area contributed by atoms with Crippen molar-refractivity contribution in [2.75, 3.05) is 0 Å². The second-order valence-electron chi connectivity index (χ2n) is 4.28. The van der Waals surface area contributed by atoms with Crippen LogP contribution in [0.25, 0.3) is 0 Å². The number of nitrogens with one attached hydrogen (secondary N) is 1. The topological polar surface area (TPSA) is 65.8 Å². The summed E-state index contributed by atoms with van der Waals surface area (Å²) < 4.78 is 0. The molecule has 2 aromatic rings. The molecular weight excluding hydrogens is 329 g/mol. The summed E-state index contributed by atoms with van der Waals surface area (Å²) in [5, 5.41) is 14.5. The Morgan fingerprint density at radius 2 is 2.24 bits per heavy atom. The van der Waals surface area contributed by atoms with E-state index in [1.807, 2.05) is 11.4 Å². The number of thiazole rings is 1. The molecule has 1 N–H and O–H groups in total. The Kier molecular flexibility index (Phi) is 5.57. The maximum atomic E-state index is 11.9. The maximum absolute atomic E-state index is 11.9. The van der Waals surface area contributed by atoms with Gasteiger partial charge in [-0.15, -0.1) is 11.3 Å². The fourth-order valence-electron chi connectivity index (χ4n) is 1.72. The molecule has 1 atom stereocenters. The van der Waals surface area contributed by atoms with Gasteiger partial charge in [0.25, 0.3) is 0 Å². The van der Waals surface area contributed by atoms with Crippen LogP contribution in [0.5, 0.6) is 0 Å². The lowest BCUT2D eigenvalue weighted by molar-refractivity contribution is -0.121. The predicted octanol–water partition coefficient (Wildman–Crippen LogP) is 3.76. The quantitative estimate of drug-likeness (QED) is 0.901. The van der Waals surface area contributed by atoms with Gasteiger partial charge in [0.2, 0.25) is 5.91 Å². The van der Waals surface area contributed by atoms with E-state index < -0.39 is 6.04 Å². The number of halogens is 2. The molecule has 108 valence electrons. The van der Waals surface area contributed by atoms with E-state index in [4.69, 9.17) is 23.2 Å². The smallest absolute Gasteiger partial charge is 0.221 e. The van der Waals surface area contributed by atoms with Crippen molar-refractivity contribution < 1.29 is 4.79 Å². The zero-order valence-electron chi connectivity index (χ0n) is 10.8. The molecule has 4 nitrogen and oxygen atoms in total. The highest BCUT2D eigenvalue weighted by molar-refractivity contribution is 7.07. The number of nitriles is 1. The average molecular weight is 340 g/mol. The van der Waals surface area contributed by atoms with E-state index in [-0.39, 0.29) is 12.3 Å². The van der Waals surface area contributed by atoms with Crippen molar-refractivity contribution in [1.29, 1.82) is 5.26 Å². The van der Waals surface area contributed by atoms with Crippen molar-refractivity contribution in [2.45, 2.75) is 18.9 Å². The maximum Gasteiger partial charge on any atom is 0.221 e. The molecule has 0 aliphatic carbocycles. The van der Waals surface area contributed by atoms with E-state index in [0.717, 1.165) is 5.69 Å². The van der Waals surface area contributed by atoms with Crippen molar-refractivity contribution >= 4 is 40.4 Å². The fraction of sp³-hybridized carbons (Fsp3) is 0.214. The number of aryl methyl sites for hydroxylation is 1. The van der Waals surface area contributed by atoms with Crippen molar-refractivity contribution in [3.63, 3.8) is 0 Å². The number of hydrogen-bond donors (Lipinski definition) is 1. The lowest BCUT2D eigenvalue weighted by Gasteiger charge is -2.12. The summed E-state index contributed by atoms with van der Waals surface area (Å²) in [6.07, 6.45) is 0.831. The molecule has 0 aliphatic rings. The number of carbonyl (C=O) groups excluding carboxylic acids is 1. The van der Waals surface area contributed by atoms with Crippen molar-refractivity contribution in [3.8, 4) is 6.07 Å². The summed E-state index contributed by atoms with van der Waals surface area (Å²) in [6.45, 7) is 0. The van der Waals surface area contributed by atoms with Gasteiger partial charge < -0.3 is 5.32 Å². The Morgan fingerprint density at radius 3 is 2.86 bits per heavy atom. The summed E-state index contributed by atoms with van der Waals surface area (Å²) in [7, 11) is 0. The molecule has 1 aromatic carbocycles. The van der Waals surface area contributed by atoms with E-state index in [1.165, 1.54) is 11.3 Å². The van der Waals surface area contributed by atoms with Crippen LogP contribution in [0.3, 0.4) is 0 Å². The number of hydrogen-bond acceptors (Lipinski definition) is 4. The Balaban J connectivity index is 1.96. The first kappa shape index (κ1) is 15.8. The molecular formula is C14H11Cl2N3OS. The van der Waals surface area contributed by atoms with Gasteiger partial charge in [0.15, 0.2) is 0 Å². The number of nitrogens with zero attached hydrogens (tertiary/aromatic N) is 2. The zero-order valence-corrected chi connectivity index (χ0v) is 13.2. The van der Waals surface area contributed by atoms with Crippen LogP contribution in [0.4, 0.5) is 0 Å². The van der Waals surface area contributed by atoms with Crippen LogP contribution in [0.15, 0.2) is 29.1 Å². The first-order valence-corrected chi connectivity index (χ1v) is 7.81. The number of amides is 1. The molecule has 0 bridgehead atoms. The van der Waals surface area contributed by atoms with Gasteiger partial charge >= 0.3 is 0 Å². The Morgan fingerprint density at radius 1 is 1.43 bits per heavy atom. The average Bonchev–Trinajstić information content (AvgIpc) is 2.99. The Labute approximate surface area is 136 Å². The standard InChI is InChI=1S/C14H11Cl2N3OS/c15-11-3-1-9(5-12(11)16)13(6-17)19-14(20)4-2-10-7-21-8-18-10/h1,3,5,7-8,13H,2,4H2,(H,19,20)/t13-/m1/s1. The van der Waals surface area contributed by atoms with E-state index >= 15 is 0 Å². The monoisotopic (exact) mass is 339 g/mol. The number of rotatable bonds is 5. The van der Waals surface area contributed by atoms with Gasteiger partial charge in [-0.2, -0.15) is 5.26 Å². The van der Waals surface area contributed by atoms with Gasteiger partial charge in [-0.05, 0) is 24.1 Å². The second kappa shape index (κ2) is 7.41. The third-order valence-electron chi connectivity index (χ3n) is 2.80. The van der Waals surface area contributed by atoms with Crippen molar-refractivity contribution in [3.05, 3.63) is 50.4 Å². The largest absolute Gasteiger partial charge is 0.337 e. The highest BCUT2D eigenvalue weighted by Crippen LogP contribution is 2.25. The lowest BCUT2D eigenvalue weighted by atomic mass is 10.1. The third-order valence-corrected chi connectivity index (χ3v) is 4.18. The highest BCUT2D eigenvalue weighted by atomic mass is 35.5.